The largest absolute Gasteiger partial charge is 0.376 e. The van der Waals surface area contributed by atoms with E-state index in [0.29, 0.717) is 6.42 Å². The van der Waals surface area contributed by atoms with Crippen LogP contribution in [0.2, 0.25) is 0 Å². The second kappa shape index (κ2) is 6.45. The van der Waals surface area contributed by atoms with E-state index in [1.54, 1.807) is 0 Å². The summed E-state index contributed by atoms with van der Waals surface area (Å²) in [6.07, 6.45) is 3.51. The first-order chi connectivity index (χ1) is 6.71. The third-order valence-electron chi connectivity index (χ3n) is 1.86. The fraction of sp³-hybridized carbons (Fsp3) is 1.00. The van der Waals surface area contributed by atoms with Crippen LogP contribution in [-0.2, 0) is 14.8 Å². The number of nitrogens with two attached hydrogens (primary N) is 1. The van der Waals surface area contributed by atoms with Crippen LogP contribution in [0.3, 0.4) is 0 Å². The lowest BCUT2D eigenvalue weighted by Crippen LogP contribution is -2.19. The Bertz CT molecular complexity index is 254. The number of hydrogen-bond donors (Lipinski definition) is 1. The Hall–Kier alpha value is -0.130. The molecule has 0 aromatic rings. The number of primary sulfonamides is 1. The zero-order valence-corrected chi connectivity index (χ0v) is 10.8. The highest BCUT2D eigenvalue weighted by Gasteiger charge is 2.08. The summed E-state index contributed by atoms with van der Waals surface area (Å²) in [4.78, 5) is 0. The van der Waals surface area contributed by atoms with Gasteiger partial charge in [-0.15, -0.1) is 0 Å². The summed E-state index contributed by atoms with van der Waals surface area (Å²) in [6, 6.07) is 0. The van der Waals surface area contributed by atoms with E-state index in [0.717, 1.165) is 25.9 Å². The number of sulfonamides is 1. The minimum Gasteiger partial charge on any atom is -0.376 e. The maximum absolute atomic E-state index is 10.6. The van der Waals surface area contributed by atoms with E-state index in [9.17, 15) is 8.42 Å². The highest BCUT2D eigenvalue weighted by molar-refractivity contribution is 7.89. The van der Waals surface area contributed by atoms with Gasteiger partial charge in [-0.3, -0.25) is 0 Å². The molecule has 0 radical (unpaired) electrons. The van der Waals surface area contributed by atoms with Crippen molar-refractivity contribution in [2.45, 2.75) is 52.1 Å². The van der Waals surface area contributed by atoms with Gasteiger partial charge in [-0.25, -0.2) is 13.6 Å². The van der Waals surface area contributed by atoms with E-state index in [1.807, 2.05) is 20.8 Å². The molecule has 4 nitrogen and oxygen atoms in total. The van der Waals surface area contributed by atoms with Gasteiger partial charge in [-0.2, -0.15) is 0 Å². The van der Waals surface area contributed by atoms with Gasteiger partial charge < -0.3 is 4.74 Å². The Balaban J connectivity index is 3.27. The maximum atomic E-state index is 10.6. The van der Waals surface area contributed by atoms with Crippen LogP contribution < -0.4 is 5.14 Å². The number of ether oxygens (including phenoxy) is 1. The van der Waals surface area contributed by atoms with Crippen molar-refractivity contribution in [2.24, 2.45) is 5.14 Å². The molecular formula is C10H23NO3S. The predicted molar refractivity (Wildman–Crippen MR) is 62.1 cm³/mol. The summed E-state index contributed by atoms with van der Waals surface area (Å²) < 4.78 is 26.7. The second-order valence-electron chi connectivity index (χ2n) is 4.74. The smallest absolute Gasteiger partial charge is 0.209 e. The predicted octanol–water partition coefficient (Wildman–Crippen LogP) is 1.65. The molecule has 0 saturated heterocycles. The van der Waals surface area contributed by atoms with Crippen molar-refractivity contribution in [3.05, 3.63) is 0 Å². The molecule has 0 aromatic heterocycles. The average molecular weight is 237 g/mol. The Labute approximate surface area is 93.2 Å². The van der Waals surface area contributed by atoms with Crippen LogP contribution in [0.25, 0.3) is 0 Å². The van der Waals surface area contributed by atoms with E-state index >= 15 is 0 Å². The summed E-state index contributed by atoms with van der Waals surface area (Å²) in [6.45, 7) is 6.80. The molecule has 0 aliphatic rings. The van der Waals surface area contributed by atoms with Gasteiger partial charge in [-0.05, 0) is 33.6 Å². The lowest BCUT2D eigenvalue weighted by Gasteiger charge is -2.19. The summed E-state index contributed by atoms with van der Waals surface area (Å²) in [5.74, 6) is 0.0904. The minimum absolute atomic E-state index is 0.0827. The Morgan fingerprint density at radius 1 is 1.07 bits per heavy atom. The number of hydrogen-bond acceptors (Lipinski definition) is 3. The SMILES string of the molecule is CC(C)(C)OCCCCCCS(N)(=O)=O. The summed E-state index contributed by atoms with van der Waals surface area (Å²) in [5, 5.41) is 4.88. The van der Waals surface area contributed by atoms with Crippen molar-refractivity contribution in [2.75, 3.05) is 12.4 Å². The third kappa shape index (κ3) is 13.9. The van der Waals surface area contributed by atoms with Gasteiger partial charge in [0.2, 0.25) is 10.0 Å². The average Bonchev–Trinajstić information content (AvgIpc) is 1.98. The van der Waals surface area contributed by atoms with E-state index in [4.69, 9.17) is 9.88 Å². The van der Waals surface area contributed by atoms with Crippen molar-refractivity contribution < 1.29 is 13.2 Å². The van der Waals surface area contributed by atoms with E-state index < -0.39 is 10.0 Å². The Morgan fingerprint density at radius 2 is 1.60 bits per heavy atom. The first kappa shape index (κ1) is 14.9. The van der Waals surface area contributed by atoms with Gasteiger partial charge in [0.1, 0.15) is 0 Å². The molecule has 0 aliphatic carbocycles. The quantitative estimate of drug-likeness (QED) is 0.684. The Morgan fingerprint density at radius 3 is 2.07 bits per heavy atom. The van der Waals surface area contributed by atoms with Crippen molar-refractivity contribution >= 4 is 10.0 Å². The fourth-order valence-corrected chi connectivity index (χ4v) is 1.74. The molecule has 0 fully saturated rings. The molecule has 0 atom stereocenters. The molecule has 0 rings (SSSR count). The molecule has 0 aliphatic heterocycles. The van der Waals surface area contributed by atoms with Crippen LogP contribution in [0.4, 0.5) is 0 Å². The van der Waals surface area contributed by atoms with Gasteiger partial charge in [0.25, 0.3) is 0 Å². The van der Waals surface area contributed by atoms with Crippen molar-refractivity contribution in [1.82, 2.24) is 0 Å². The highest BCUT2D eigenvalue weighted by atomic mass is 32.2. The van der Waals surface area contributed by atoms with Crippen LogP contribution in [0.5, 0.6) is 0 Å². The normalized spacial score (nSPS) is 13.1. The third-order valence-corrected chi connectivity index (χ3v) is 2.72. The van der Waals surface area contributed by atoms with Crippen LogP contribution in [0.1, 0.15) is 46.5 Å². The second-order valence-corrected chi connectivity index (χ2v) is 6.48. The van der Waals surface area contributed by atoms with E-state index in [1.165, 1.54) is 0 Å². The molecule has 0 amide bonds. The molecule has 0 saturated carbocycles. The summed E-state index contributed by atoms with van der Waals surface area (Å²) in [5.41, 5.74) is -0.0827. The van der Waals surface area contributed by atoms with E-state index in [-0.39, 0.29) is 11.4 Å². The van der Waals surface area contributed by atoms with Crippen LogP contribution in [0, 0.1) is 0 Å². The molecule has 92 valence electrons. The van der Waals surface area contributed by atoms with Gasteiger partial charge in [0, 0.05) is 6.61 Å². The van der Waals surface area contributed by atoms with Gasteiger partial charge in [0.15, 0.2) is 0 Å². The van der Waals surface area contributed by atoms with Gasteiger partial charge in [-0.1, -0.05) is 12.8 Å². The summed E-state index contributed by atoms with van der Waals surface area (Å²) >= 11 is 0. The number of rotatable bonds is 7. The summed E-state index contributed by atoms with van der Waals surface area (Å²) in [7, 11) is -3.27. The van der Waals surface area contributed by atoms with Crippen molar-refractivity contribution in [1.29, 1.82) is 0 Å². The monoisotopic (exact) mass is 237 g/mol. The number of unbranched alkanes of at least 4 members (excludes halogenated alkanes) is 3. The van der Waals surface area contributed by atoms with Crippen molar-refractivity contribution in [3.8, 4) is 0 Å². The molecule has 15 heavy (non-hydrogen) atoms. The highest BCUT2D eigenvalue weighted by Crippen LogP contribution is 2.09. The van der Waals surface area contributed by atoms with Crippen molar-refractivity contribution in [3.63, 3.8) is 0 Å². The molecule has 0 spiro atoms. The lowest BCUT2D eigenvalue weighted by atomic mass is 10.2. The van der Waals surface area contributed by atoms with Crippen LogP contribution in [-0.4, -0.2) is 26.4 Å². The molecule has 0 bridgehead atoms. The lowest BCUT2D eigenvalue weighted by molar-refractivity contribution is -0.00470. The fourth-order valence-electron chi connectivity index (χ4n) is 1.14. The zero-order valence-electron chi connectivity index (χ0n) is 9.95. The molecule has 2 N–H and O–H groups in total. The van der Waals surface area contributed by atoms with Gasteiger partial charge in [0.05, 0.1) is 11.4 Å². The molecule has 0 aromatic carbocycles. The first-order valence-electron chi connectivity index (χ1n) is 5.35. The topological polar surface area (TPSA) is 69.4 Å². The molecular weight excluding hydrogens is 214 g/mol. The first-order valence-corrected chi connectivity index (χ1v) is 7.07. The van der Waals surface area contributed by atoms with Crippen LogP contribution >= 0.6 is 0 Å². The van der Waals surface area contributed by atoms with Gasteiger partial charge >= 0.3 is 0 Å². The molecule has 5 heteroatoms. The zero-order chi connectivity index (χ0) is 11.9. The molecule has 0 heterocycles. The Kier molecular flexibility index (Phi) is 6.40. The maximum Gasteiger partial charge on any atom is 0.209 e. The van der Waals surface area contributed by atoms with E-state index in [2.05, 4.69) is 0 Å². The van der Waals surface area contributed by atoms with Crippen LogP contribution in [0.15, 0.2) is 0 Å². The standard InChI is InChI=1S/C10H23NO3S/c1-10(2,3)14-8-6-4-5-7-9-15(11,12)13/h4-9H2,1-3H3,(H2,11,12,13). The molecule has 0 unspecified atom stereocenters. The minimum atomic E-state index is -3.27.